The van der Waals surface area contributed by atoms with E-state index in [-0.39, 0.29) is 0 Å². The van der Waals surface area contributed by atoms with Crippen LogP contribution in [0.15, 0.2) is 22.7 Å². The van der Waals surface area contributed by atoms with Crippen molar-refractivity contribution in [2.24, 2.45) is 11.7 Å². The lowest BCUT2D eigenvalue weighted by Crippen LogP contribution is -2.28. The van der Waals surface area contributed by atoms with E-state index in [4.69, 9.17) is 18.0 Å². The number of rotatable bonds is 4. The molecule has 0 bridgehead atoms. The molecule has 19 heavy (non-hydrogen) atoms. The standard InChI is InChI=1S/C15H21BrN2S/c1-2-10-5-3-6-11(9-10)18-13-8-4-7-12(16)14(13)15(17)19/h4,7-8,10-11,18H,2-3,5-6,9H2,1H3,(H2,17,19). The molecule has 1 aliphatic carbocycles. The Morgan fingerprint density at radius 1 is 1.47 bits per heavy atom. The zero-order chi connectivity index (χ0) is 13.8. The van der Waals surface area contributed by atoms with Crippen LogP contribution in [0.25, 0.3) is 0 Å². The van der Waals surface area contributed by atoms with Crippen molar-refractivity contribution in [3.8, 4) is 0 Å². The van der Waals surface area contributed by atoms with Crippen LogP contribution in [-0.4, -0.2) is 11.0 Å². The number of hydrogen-bond donors (Lipinski definition) is 2. The van der Waals surface area contributed by atoms with Gasteiger partial charge in [-0.1, -0.05) is 44.5 Å². The lowest BCUT2D eigenvalue weighted by atomic mass is 9.84. The van der Waals surface area contributed by atoms with Gasteiger partial charge in [0.05, 0.1) is 0 Å². The summed E-state index contributed by atoms with van der Waals surface area (Å²) in [6, 6.07) is 6.61. The first-order chi connectivity index (χ1) is 9.11. The quantitative estimate of drug-likeness (QED) is 0.794. The Labute approximate surface area is 129 Å². The SMILES string of the molecule is CCC1CCCC(Nc2cccc(Br)c2C(N)=S)C1. The van der Waals surface area contributed by atoms with Crippen LogP contribution in [0.1, 0.15) is 44.6 Å². The first kappa shape index (κ1) is 14.8. The van der Waals surface area contributed by atoms with Crippen molar-refractivity contribution in [2.75, 3.05) is 5.32 Å². The second kappa shape index (κ2) is 6.71. The summed E-state index contributed by atoms with van der Waals surface area (Å²) in [5.74, 6) is 0.853. The fraction of sp³-hybridized carbons (Fsp3) is 0.533. The van der Waals surface area contributed by atoms with E-state index in [9.17, 15) is 0 Å². The molecule has 0 saturated heterocycles. The van der Waals surface area contributed by atoms with E-state index in [2.05, 4.69) is 34.2 Å². The summed E-state index contributed by atoms with van der Waals surface area (Å²) >= 11 is 8.69. The molecule has 0 aromatic heterocycles. The molecule has 2 unspecified atom stereocenters. The highest BCUT2D eigenvalue weighted by atomic mass is 79.9. The van der Waals surface area contributed by atoms with Gasteiger partial charge in [-0.2, -0.15) is 0 Å². The number of nitrogens with one attached hydrogen (secondary N) is 1. The van der Waals surface area contributed by atoms with E-state index in [1.165, 1.54) is 32.1 Å². The lowest BCUT2D eigenvalue weighted by Gasteiger charge is -2.30. The first-order valence-electron chi connectivity index (χ1n) is 6.96. The Bertz CT molecular complexity index is 461. The Balaban J connectivity index is 2.14. The molecule has 104 valence electrons. The molecule has 1 aliphatic rings. The van der Waals surface area contributed by atoms with Crippen molar-refractivity contribution in [3.63, 3.8) is 0 Å². The van der Waals surface area contributed by atoms with Gasteiger partial charge in [0.2, 0.25) is 0 Å². The van der Waals surface area contributed by atoms with E-state index in [0.717, 1.165) is 21.6 Å². The van der Waals surface area contributed by atoms with Crippen molar-refractivity contribution in [3.05, 3.63) is 28.2 Å². The highest BCUT2D eigenvalue weighted by molar-refractivity contribution is 9.10. The van der Waals surface area contributed by atoms with Crippen LogP contribution in [0.5, 0.6) is 0 Å². The monoisotopic (exact) mass is 340 g/mol. The largest absolute Gasteiger partial charge is 0.389 e. The third-order valence-corrected chi connectivity index (χ3v) is 4.84. The minimum Gasteiger partial charge on any atom is -0.389 e. The smallest absolute Gasteiger partial charge is 0.107 e. The van der Waals surface area contributed by atoms with Crippen LogP contribution in [-0.2, 0) is 0 Å². The van der Waals surface area contributed by atoms with Crippen LogP contribution in [0.4, 0.5) is 5.69 Å². The Morgan fingerprint density at radius 3 is 2.95 bits per heavy atom. The molecule has 1 saturated carbocycles. The van der Waals surface area contributed by atoms with E-state index in [1.807, 2.05) is 12.1 Å². The maximum Gasteiger partial charge on any atom is 0.107 e. The molecule has 4 heteroatoms. The number of thiocarbonyl (C=S) groups is 1. The minimum atomic E-state index is 0.442. The summed E-state index contributed by atoms with van der Waals surface area (Å²) in [6.07, 6.45) is 6.44. The van der Waals surface area contributed by atoms with Crippen molar-refractivity contribution in [2.45, 2.75) is 45.1 Å². The lowest BCUT2D eigenvalue weighted by molar-refractivity contribution is 0.327. The second-order valence-electron chi connectivity index (χ2n) is 5.31. The number of anilines is 1. The average molecular weight is 341 g/mol. The van der Waals surface area contributed by atoms with Crippen LogP contribution in [0.2, 0.25) is 0 Å². The van der Waals surface area contributed by atoms with Crippen LogP contribution in [0.3, 0.4) is 0 Å². The zero-order valence-electron chi connectivity index (χ0n) is 11.3. The topological polar surface area (TPSA) is 38.0 Å². The molecule has 0 amide bonds. The highest BCUT2D eigenvalue weighted by Crippen LogP contribution is 2.31. The molecule has 1 fully saturated rings. The van der Waals surface area contributed by atoms with E-state index < -0.39 is 0 Å². The van der Waals surface area contributed by atoms with Gasteiger partial charge in [0, 0.05) is 21.8 Å². The molecule has 2 nitrogen and oxygen atoms in total. The summed E-state index contributed by atoms with van der Waals surface area (Å²) in [6.45, 7) is 2.28. The average Bonchev–Trinajstić information content (AvgIpc) is 2.38. The third kappa shape index (κ3) is 3.69. The Hall–Kier alpha value is -0.610. The van der Waals surface area contributed by atoms with Gasteiger partial charge in [-0.15, -0.1) is 0 Å². The molecule has 3 N–H and O–H groups in total. The van der Waals surface area contributed by atoms with Gasteiger partial charge in [-0.25, -0.2) is 0 Å². The third-order valence-electron chi connectivity index (χ3n) is 3.98. The van der Waals surface area contributed by atoms with Crippen molar-refractivity contribution < 1.29 is 0 Å². The molecule has 0 radical (unpaired) electrons. The summed E-state index contributed by atoms with van der Waals surface area (Å²) in [5, 5.41) is 3.64. The summed E-state index contributed by atoms with van der Waals surface area (Å²) in [7, 11) is 0. The molecule has 1 aromatic carbocycles. The molecular formula is C15H21BrN2S. The van der Waals surface area contributed by atoms with Gasteiger partial charge in [-0.05, 0) is 46.8 Å². The Morgan fingerprint density at radius 2 is 2.26 bits per heavy atom. The van der Waals surface area contributed by atoms with E-state index in [1.54, 1.807) is 0 Å². The van der Waals surface area contributed by atoms with Crippen LogP contribution < -0.4 is 11.1 Å². The van der Waals surface area contributed by atoms with Gasteiger partial charge < -0.3 is 11.1 Å². The number of nitrogens with two attached hydrogens (primary N) is 1. The van der Waals surface area contributed by atoms with Crippen molar-refractivity contribution >= 4 is 38.8 Å². The maximum atomic E-state index is 5.84. The number of halogens is 1. The number of hydrogen-bond acceptors (Lipinski definition) is 2. The van der Waals surface area contributed by atoms with Crippen LogP contribution in [0, 0.1) is 5.92 Å². The molecule has 1 aromatic rings. The number of benzene rings is 1. The Kier molecular flexibility index (Phi) is 5.22. The molecule has 0 spiro atoms. The van der Waals surface area contributed by atoms with Crippen molar-refractivity contribution in [1.29, 1.82) is 0 Å². The van der Waals surface area contributed by atoms with Gasteiger partial charge in [0.1, 0.15) is 4.99 Å². The van der Waals surface area contributed by atoms with Gasteiger partial charge in [-0.3, -0.25) is 0 Å². The normalized spacial score (nSPS) is 23.1. The van der Waals surface area contributed by atoms with Crippen LogP contribution >= 0.6 is 28.1 Å². The summed E-state index contributed by atoms with van der Waals surface area (Å²) in [5.41, 5.74) is 7.82. The van der Waals surface area contributed by atoms with E-state index >= 15 is 0 Å². The first-order valence-corrected chi connectivity index (χ1v) is 8.16. The molecule has 2 rings (SSSR count). The molecular weight excluding hydrogens is 320 g/mol. The predicted molar refractivity (Wildman–Crippen MR) is 89.7 cm³/mol. The predicted octanol–water partition coefficient (Wildman–Crippen LogP) is 4.46. The fourth-order valence-electron chi connectivity index (χ4n) is 2.91. The maximum absolute atomic E-state index is 5.84. The molecule has 0 heterocycles. The zero-order valence-corrected chi connectivity index (χ0v) is 13.7. The molecule has 2 atom stereocenters. The fourth-order valence-corrected chi connectivity index (χ4v) is 3.84. The summed E-state index contributed by atoms with van der Waals surface area (Å²) in [4.78, 5) is 0.442. The highest BCUT2D eigenvalue weighted by Gasteiger charge is 2.21. The summed E-state index contributed by atoms with van der Waals surface area (Å²) < 4.78 is 0.966. The van der Waals surface area contributed by atoms with Gasteiger partial charge in [0.25, 0.3) is 0 Å². The van der Waals surface area contributed by atoms with Crippen molar-refractivity contribution in [1.82, 2.24) is 0 Å². The van der Waals surface area contributed by atoms with Gasteiger partial charge in [0.15, 0.2) is 0 Å². The minimum absolute atomic E-state index is 0.442. The van der Waals surface area contributed by atoms with Gasteiger partial charge >= 0.3 is 0 Å². The molecule has 0 aliphatic heterocycles. The second-order valence-corrected chi connectivity index (χ2v) is 6.60. The van der Waals surface area contributed by atoms with E-state index in [0.29, 0.717) is 11.0 Å².